The summed E-state index contributed by atoms with van der Waals surface area (Å²) in [5.74, 6) is -0.492. The van der Waals surface area contributed by atoms with Crippen LogP contribution in [-0.4, -0.2) is 32.6 Å². The highest BCUT2D eigenvalue weighted by atomic mass is 32.1. The van der Waals surface area contributed by atoms with Crippen LogP contribution in [0.25, 0.3) is 0 Å². The quantitative estimate of drug-likeness (QED) is 0.784. The smallest absolute Gasteiger partial charge is 0.337 e. The first-order chi connectivity index (χ1) is 11.4. The lowest BCUT2D eigenvalue weighted by molar-refractivity contribution is -0.884. The van der Waals surface area contributed by atoms with Gasteiger partial charge >= 0.3 is 5.97 Å². The molecule has 0 aliphatic carbocycles. The number of thiophene rings is 1. The minimum absolute atomic E-state index is 0.0770. The van der Waals surface area contributed by atoms with E-state index in [1.54, 1.807) is 29.5 Å². The van der Waals surface area contributed by atoms with Gasteiger partial charge in [0.15, 0.2) is 6.54 Å². The fourth-order valence-corrected chi connectivity index (χ4v) is 3.41. The van der Waals surface area contributed by atoms with Gasteiger partial charge in [-0.3, -0.25) is 4.79 Å². The Morgan fingerprint density at radius 1 is 1.21 bits per heavy atom. The molecule has 0 radical (unpaired) electrons. The van der Waals surface area contributed by atoms with Crippen LogP contribution in [0.4, 0.5) is 5.69 Å². The standard InChI is InChI=1S/C18H22N2O3S/c1-12-5-6-14(18(22)23-4)9-15(12)19-17(21)11-20(3)10-16-13(2)7-8-24-16/h5-9H,10-11H2,1-4H3,(H,19,21)/p+1. The summed E-state index contributed by atoms with van der Waals surface area (Å²) in [5, 5.41) is 4.96. The number of carbonyl (C=O) groups is 2. The van der Waals surface area contributed by atoms with Crippen LogP contribution in [-0.2, 0) is 16.1 Å². The maximum Gasteiger partial charge on any atom is 0.337 e. The zero-order valence-electron chi connectivity index (χ0n) is 14.4. The van der Waals surface area contributed by atoms with Crippen LogP contribution < -0.4 is 10.2 Å². The van der Waals surface area contributed by atoms with Crippen LogP contribution in [0.5, 0.6) is 0 Å². The number of quaternary nitrogens is 1. The number of carbonyl (C=O) groups excluding carboxylic acids is 2. The number of nitrogens with one attached hydrogen (secondary N) is 2. The van der Waals surface area contributed by atoms with Crippen molar-refractivity contribution in [2.24, 2.45) is 0 Å². The molecule has 1 unspecified atom stereocenters. The van der Waals surface area contributed by atoms with E-state index in [0.717, 1.165) is 17.0 Å². The Kier molecular flexibility index (Phi) is 6.11. The van der Waals surface area contributed by atoms with Crippen LogP contribution in [0.1, 0.15) is 26.4 Å². The zero-order chi connectivity index (χ0) is 17.7. The third kappa shape index (κ3) is 4.66. The highest BCUT2D eigenvalue weighted by molar-refractivity contribution is 7.10. The number of anilines is 1. The first-order valence-electron chi connectivity index (χ1n) is 7.73. The van der Waals surface area contributed by atoms with Crippen LogP contribution in [0.3, 0.4) is 0 Å². The molecular formula is C18H23N2O3S+. The molecule has 1 amide bonds. The Hall–Kier alpha value is -2.18. The number of hydrogen-bond acceptors (Lipinski definition) is 4. The molecule has 2 N–H and O–H groups in total. The minimum Gasteiger partial charge on any atom is -0.465 e. The Balaban J connectivity index is 1.99. The fraction of sp³-hybridized carbons (Fsp3) is 0.333. The van der Waals surface area contributed by atoms with Gasteiger partial charge in [-0.25, -0.2) is 4.79 Å². The number of esters is 1. The van der Waals surface area contributed by atoms with Crippen molar-refractivity contribution in [3.63, 3.8) is 0 Å². The lowest BCUT2D eigenvalue weighted by Gasteiger charge is -2.15. The molecule has 0 aliphatic heterocycles. The first-order valence-corrected chi connectivity index (χ1v) is 8.61. The van der Waals surface area contributed by atoms with E-state index in [0.29, 0.717) is 17.8 Å². The molecule has 5 nitrogen and oxygen atoms in total. The van der Waals surface area contributed by atoms with Gasteiger partial charge in [0, 0.05) is 5.69 Å². The van der Waals surface area contributed by atoms with Crippen molar-refractivity contribution < 1.29 is 19.2 Å². The van der Waals surface area contributed by atoms with Crippen LogP contribution >= 0.6 is 11.3 Å². The molecule has 6 heteroatoms. The summed E-state index contributed by atoms with van der Waals surface area (Å²) in [6.07, 6.45) is 0. The average Bonchev–Trinajstić information content (AvgIpc) is 2.93. The predicted molar refractivity (Wildman–Crippen MR) is 95.7 cm³/mol. The average molecular weight is 347 g/mol. The third-order valence-corrected chi connectivity index (χ3v) is 4.85. The van der Waals surface area contributed by atoms with Crippen molar-refractivity contribution in [3.05, 3.63) is 51.2 Å². The monoisotopic (exact) mass is 347 g/mol. The highest BCUT2D eigenvalue weighted by Crippen LogP contribution is 2.17. The Morgan fingerprint density at radius 2 is 1.96 bits per heavy atom. The van der Waals surface area contributed by atoms with Crippen LogP contribution in [0.15, 0.2) is 29.6 Å². The maximum absolute atomic E-state index is 12.3. The van der Waals surface area contributed by atoms with Gasteiger partial charge in [-0.05, 0) is 48.6 Å². The number of rotatable bonds is 6. The summed E-state index contributed by atoms with van der Waals surface area (Å²) >= 11 is 1.72. The normalized spacial score (nSPS) is 11.8. The molecular weight excluding hydrogens is 324 g/mol. The highest BCUT2D eigenvalue weighted by Gasteiger charge is 2.15. The summed E-state index contributed by atoms with van der Waals surface area (Å²) in [4.78, 5) is 26.3. The molecule has 0 bridgehead atoms. The second-order valence-corrected chi connectivity index (χ2v) is 6.91. The van der Waals surface area contributed by atoms with Gasteiger partial charge in [0.2, 0.25) is 0 Å². The van der Waals surface area contributed by atoms with Crippen molar-refractivity contribution in [1.82, 2.24) is 0 Å². The van der Waals surface area contributed by atoms with Crippen molar-refractivity contribution in [2.75, 3.05) is 26.0 Å². The lowest BCUT2D eigenvalue weighted by Crippen LogP contribution is -3.08. The van der Waals surface area contributed by atoms with Gasteiger partial charge in [-0.2, -0.15) is 0 Å². The number of hydrogen-bond donors (Lipinski definition) is 2. The number of methoxy groups -OCH3 is 1. The minimum atomic E-state index is -0.415. The lowest BCUT2D eigenvalue weighted by atomic mass is 10.1. The molecule has 2 rings (SSSR count). The number of aryl methyl sites for hydroxylation is 2. The summed E-state index contributed by atoms with van der Waals surface area (Å²) in [6, 6.07) is 7.23. The molecule has 128 valence electrons. The summed E-state index contributed by atoms with van der Waals surface area (Å²) in [6.45, 7) is 5.15. The Morgan fingerprint density at radius 3 is 2.58 bits per heavy atom. The summed E-state index contributed by atoms with van der Waals surface area (Å²) < 4.78 is 4.72. The Labute approximate surface area is 146 Å². The molecule has 0 saturated carbocycles. The van der Waals surface area contributed by atoms with E-state index in [9.17, 15) is 9.59 Å². The molecule has 1 aromatic carbocycles. The molecule has 1 aromatic heterocycles. The summed E-state index contributed by atoms with van der Waals surface area (Å²) in [7, 11) is 3.34. The van der Waals surface area contributed by atoms with Crippen molar-refractivity contribution in [1.29, 1.82) is 0 Å². The maximum atomic E-state index is 12.3. The van der Waals surface area contributed by atoms with E-state index in [2.05, 4.69) is 23.7 Å². The van der Waals surface area contributed by atoms with E-state index in [1.807, 2.05) is 14.0 Å². The van der Waals surface area contributed by atoms with Gasteiger partial charge in [-0.1, -0.05) is 6.07 Å². The molecule has 0 spiro atoms. The molecule has 1 atom stereocenters. The van der Waals surface area contributed by atoms with E-state index in [1.165, 1.54) is 17.6 Å². The van der Waals surface area contributed by atoms with Crippen molar-refractivity contribution in [2.45, 2.75) is 20.4 Å². The van der Waals surface area contributed by atoms with Gasteiger partial charge in [0.05, 0.1) is 24.6 Å². The SMILES string of the molecule is COC(=O)c1ccc(C)c(NC(=O)C[NH+](C)Cc2sccc2C)c1. The third-order valence-electron chi connectivity index (χ3n) is 3.83. The largest absolute Gasteiger partial charge is 0.465 e. The number of amides is 1. The molecule has 0 aliphatic rings. The van der Waals surface area contributed by atoms with Crippen LogP contribution in [0, 0.1) is 13.8 Å². The van der Waals surface area contributed by atoms with E-state index < -0.39 is 5.97 Å². The van der Waals surface area contributed by atoms with Crippen molar-refractivity contribution in [3.8, 4) is 0 Å². The van der Waals surface area contributed by atoms with Gasteiger partial charge in [-0.15, -0.1) is 11.3 Å². The molecule has 24 heavy (non-hydrogen) atoms. The van der Waals surface area contributed by atoms with Gasteiger partial charge in [0.25, 0.3) is 5.91 Å². The van der Waals surface area contributed by atoms with Gasteiger partial charge in [0.1, 0.15) is 6.54 Å². The zero-order valence-corrected chi connectivity index (χ0v) is 15.3. The Bertz CT molecular complexity index is 740. The van der Waals surface area contributed by atoms with E-state index in [-0.39, 0.29) is 5.91 Å². The van der Waals surface area contributed by atoms with Crippen LogP contribution in [0.2, 0.25) is 0 Å². The predicted octanol–water partition coefficient (Wildman–Crippen LogP) is 1.80. The number of benzene rings is 1. The fourth-order valence-electron chi connectivity index (χ4n) is 2.39. The van der Waals surface area contributed by atoms with E-state index >= 15 is 0 Å². The number of ether oxygens (including phenoxy) is 1. The molecule has 2 aromatic rings. The second kappa shape index (κ2) is 8.08. The molecule has 0 fully saturated rings. The molecule has 0 saturated heterocycles. The van der Waals surface area contributed by atoms with Crippen molar-refractivity contribution >= 4 is 28.9 Å². The topological polar surface area (TPSA) is 59.8 Å². The van der Waals surface area contributed by atoms with E-state index in [4.69, 9.17) is 4.74 Å². The first kappa shape index (κ1) is 18.2. The second-order valence-electron chi connectivity index (χ2n) is 5.91. The molecule has 1 heterocycles. The summed E-state index contributed by atoms with van der Waals surface area (Å²) in [5.41, 5.74) is 3.24. The van der Waals surface area contributed by atoms with Gasteiger partial charge < -0.3 is 15.0 Å². The number of likely N-dealkylation sites (N-methyl/N-ethyl adjacent to an activating group) is 1.